The molecule has 1 rings (SSSR count). The Balaban J connectivity index is 2.77. The number of H-pyrrole nitrogens is 1. The highest BCUT2D eigenvalue weighted by Crippen LogP contribution is 2.05. The minimum absolute atomic E-state index is 0.135. The van der Waals surface area contributed by atoms with Crippen molar-refractivity contribution in [3.05, 3.63) is 49.7 Å². The van der Waals surface area contributed by atoms with E-state index in [2.05, 4.69) is 15.0 Å². The Morgan fingerprint density at radius 2 is 2.50 bits per heavy atom. The van der Waals surface area contributed by atoms with Crippen molar-refractivity contribution in [2.75, 3.05) is 6.54 Å². The Kier molecular flexibility index (Phi) is 3.79. The number of hydrogen-bond donors (Lipinski definition) is 1. The van der Waals surface area contributed by atoms with Gasteiger partial charge in [-0.3, -0.25) is 4.79 Å². The molecule has 0 unspecified atom stereocenters. The summed E-state index contributed by atoms with van der Waals surface area (Å²) in [5.74, 6) is 0. The monoisotopic (exact) mass is 210 g/mol. The summed E-state index contributed by atoms with van der Waals surface area (Å²) in [6, 6.07) is 1.53. The molecule has 72 valence electrons. The molecule has 0 amide bonds. The van der Waals surface area contributed by atoms with Crippen molar-refractivity contribution in [2.24, 2.45) is 5.11 Å². The number of aromatic amines is 1. The number of nitrogens with zero attached hydrogens (tertiary/aromatic N) is 3. The van der Waals surface area contributed by atoms with E-state index in [1.165, 1.54) is 12.3 Å². The lowest BCUT2D eigenvalue weighted by Crippen LogP contribution is -2.04. The predicted octanol–water partition coefficient (Wildman–Crippen LogP) is 2.35. The van der Waals surface area contributed by atoms with E-state index in [9.17, 15) is 4.79 Å². The van der Waals surface area contributed by atoms with Crippen molar-refractivity contribution < 1.29 is 0 Å². The van der Waals surface area contributed by atoms with Crippen LogP contribution in [-0.4, -0.2) is 11.5 Å². The van der Waals surface area contributed by atoms with Crippen molar-refractivity contribution >= 4 is 17.7 Å². The Morgan fingerprint density at radius 3 is 3.14 bits per heavy atom. The van der Waals surface area contributed by atoms with E-state index in [0.717, 1.165) is 5.56 Å². The van der Waals surface area contributed by atoms with Crippen molar-refractivity contribution in [1.82, 2.24) is 4.98 Å². The van der Waals surface area contributed by atoms with Gasteiger partial charge in [-0.1, -0.05) is 28.9 Å². The van der Waals surface area contributed by atoms with Crippen LogP contribution in [0.4, 0.5) is 0 Å². The third-order valence-corrected chi connectivity index (χ3v) is 1.72. The molecular weight excluding hydrogens is 204 g/mol. The van der Waals surface area contributed by atoms with Gasteiger partial charge in [0.25, 0.3) is 5.56 Å². The zero-order valence-corrected chi connectivity index (χ0v) is 7.90. The summed E-state index contributed by atoms with van der Waals surface area (Å²) in [6.45, 7) is 0.271. The fraction of sp³-hybridized carbons (Fsp3) is 0.125. The molecule has 1 aromatic rings. The smallest absolute Gasteiger partial charge is 0.266 e. The molecule has 0 atom stereocenters. The summed E-state index contributed by atoms with van der Waals surface area (Å²) < 4.78 is 0. The molecule has 5 nitrogen and oxygen atoms in total. The molecule has 0 fully saturated rings. The number of azide groups is 1. The molecule has 0 aromatic carbocycles. The molecular formula is C8H7ClN4O. The van der Waals surface area contributed by atoms with Gasteiger partial charge < -0.3 is 4.98 Å². The number of hydrogen-bond acceptors (Lipinski definition) is 2. The molecule has 0 aliphatic heterocycles. The Bertz CT molecular complexity index is 445. The molecule has 0 aliphatic carbocycles. The average molecular weight is 211 g/mol. The predicted molar refractivity (Wildman–Crippen MR) is 55.1 cm³/mol. The summed E-state index contributed by atoms with van der Waals surface area (Å²) >= 11 is 5.59. The largest absolute Gasteiger partial charge is 0.327 e. The lowest BCUT2D eigenvalue weighted by atomic mass is 10.2. The zero-order valence-electron chi connectivity index (χ0n) is 7.14. The minimum atomic E-state index is -0.320. The summed E-state index contributed by atoms with van der Waals surface area (Å²) in [5.41, 5.74) is 8.43. The van der Waals surface area contributed by atoms with Crippen LogP contribution in [0.25, 0.3) is 16.5 Å². The second-order valence-electron chi connectivity index (χ2n) is 2.43. The van der Waals surface area contributed by atoms with Gasteiger partial charge in [0.15, 0.2) is 0 Å². The first-order valence-corrected chi connectivity index (χ1v) is 4.17. The van der Waals surface area contributed by atoms with Crippen LogP contribution in [0.5, 0.6) is 0 Å². The minimum Gasteiger partial charge on any atom is -0.327 e. The van der Waals surface area contributed by atoms with Gasteiger partial charge in [0.1, 0.15) is 5.02 Å². The van der Waals surface area contributed by atoms with Crippen molar-refractivity contribution in [3.63, 3.8) is 0 Å². The maximum absolute atomic E-state index is 10.9. The van der Waals surface area contributed by atoms with Crippen LogP contribution < -0.4 is 5.56 Å². The Morgan fingerprint density at radius 1 is 1.71 bits per heavy atom. The van der Waals surface area contributed by atoms with Crippen molar-refractivity contribution in [2.45, 2.75) is 0 Å². The molecule has 1 N–H and O–H groups in total. The van der Waals surface area contributed by atoms with Crippen molar-refractivity contribution in [1.29, 1.82) is 0 Å². The lowest BCUT2D eigenvalue weighted by molar-refractivity contribution is 1.21. The quantitative estimate of drug-likeness (QED) is 0.464. The molecule has 0 bridgehead atoms. The third-order valence-electron chi connectivity index (χ3n) is 1.44. The molecule has 1 heterocycles. The molecule has 0 saturated carbocycles. The van der Waals surface area contributed by atoms with E-state index >= 15 is 0 Å². The number of nitrogens with one attached hydrogen (secondary N) is 1. The maximum atomic E-state index is 10.9. The number of aromatic nitrogens is 1. The lowest BCUT2D eigenvalue weighted by Gasteiger charge is -1.92. The van der Waals surface area contributed by atoms with Crippen molar-refractivity contribution in [3.8, 4) is 0 Å². The van der Waals surface area contributed by atoms with Crippen LogP contribution in [0.2, 0.25) is 5.02 Å². The first-order valence-electron chi connectivity index (χ1n) is 3.79. The Hall–Kier alpha value is -1.71. The van der Waals surface area contributed by atoms with Gasteiger partial charge in [-0.2, -0.15) is 0 Å². The van der Waals surface area contributed by atoms with Gasteiger partial charge in [0.2, 0.25) is 0 Å². The Labute approximate surface area is 84.7 Å². The van der Waals surface area contributed by atoms with E-state index in [4.69, 9.17) is 17.1 Å². The number of pyridine rings is 1. The maximum Gasteiger partial charge on any atom is 0.266 e. The van der Waals surface area contributed by atoms with E-state index in [0.29, 0.717) is 0 Å². The van der Waals surface area contributed by atoms with Gasteiger partial charge in [-0.15, -0.1) is 0 Å². The topological polar surface area (TPSA) is 81.6 Å². The summed E-state index contributed by atoms with van der Waals surface area (Å²) in [7, 11) is 0. The molecule has 6 heteroatoms. The molecule has 0 radical (unpaired) electrons. The first-order chi connectivity index (χ1) is 6.74. The summed E-state index contributed by atoms with van der Waals surface area (Å²) in [5, 5.41) is 3.45. The van der Waals surface area contributed by atoms with Gasteiger partial charge in [-0.05, 0) is 17.2 Å². The van der Waals surface area contributed by atoms with Crippen LogP contribution in [0.1, 0.15) is 5.56 Å². The molecule has 0 saturated heterocycles. The fourth-order valence-electron chi connectivity index (χ4n) is 0.840. The first kappa shape index (κ1) is 10.4. The normalized spacial score (nSPS) is 10.1. The van der Waals surface area contributed by atoms with Crippen LogP contribution in [0.3, 0.4) is 0 Å². The fourth-order valence-corrected chi connectivity index (χ4v) is 1.02. The zero-order chi connectivity index (χ0) is 10.4. The molecule has 14 heavy (non-hydrogen) atoms. The third kappa shape index (κ3) is 2.97. The average Bonchev–Trinajstić information content (AvgIpc) is 2.18. The summed E-state index contributed by atoms with van der Waals surface area (Å²) in [6.07, 6.45) is 4.90. The number of halogens is 1. The molecule has 0 spiro atoms. The summed E-state index contributed by atoms with van der Waals surface area (Å²) in [4.78, 5) is 15.9. The van der Waals surface area contributed by atoms with Gasteiger partial charge >= 0.3 is 0 Å². The highest BCUT2D eigenvalue weighted by Gasteiger charge is 1.94. The second kappa shape index (κ2) is 5.11. The van der Waals surface area contributed by atoms with Crippen LogP contribution in [0.15, 0.2) is 28.2 Å². The second-order valence-corrected chi connectivity index (χ2v) is 2.83. The van der Waals surface area contributed by atoms with Gasteiger partial charge in [0.05, 0.1) is 0 Å². The highest BCUT2D eigenvalue weighted by molar-refractivity contribution is 6.30. The van der Waals surface area contributed by atoms with Crippen LogP contribution in [-0.2, 0) is 0 Å². The highest BCUT2D eigenvalue weighted by atomic mass is 35.5. The standard InChI is InChI=1S/C8H7ClN4O/c9-7-4-6(5-11-8(7)14)2-1-3-12-13-10/h1-2,4-5H,3H2,(H,11,14). The van der Waals surface area contributed by atoms with Crippen LogP contribution >= 0.6 is 11.6 Å². The van der Waals surface area contributed by atoms with Crippen LogP contribution in [0, 0.1) is 0 Å². The van der Waals surface area contributed by atoms with Gasteiger partial charge in [0, 0.05) is 17.7 Å². The molecule has 1 aromatic heterocycles. The number of rotatable bonds is 3. The van der Waals surface area contributed by atoms with E-state index in [1.807, 2.05) is 0 Å². The molecule has 0 aliphatic rings. The van der Waals surface area contributed by atoms with Gasteiger partial charge in [-0.25, -0.2) is 0 Å². The SMILES string of the molecule is [N-]=[N+]=NCC=Cc1c[nH]c(=O)c(Cl)c1. The van der Waals surface area contributed by atoms with E-state index in [1.54, 1.807) is 12.2 Å². The van der Waals surface area contributed by atoms with E-state index in [-0.39, 0.29) is 17.1 Å². The van der Waals surface area contributed by atoms with E-state index < -0.39 is 0 Å².